The summed E-state index contributed by atoms with van der Waals surface area (Å²) in [6, 6.07) is 9.67. The second kappa shape index (κ2) is 13.8. The summed E-state index contributed by atoms with van der Waals surface area (Å²) in [6.45, 7) is 0.668. The van der Waals surface area contributed by atoms with Crippen molar-refractivity contribution in [2.75, 3.05) is 26.7 Å². The van der Waals surface area contributed by atoms with E-state index in [2.05, 4.69) is 10.6 Å². The second-order valence-electron chi connectivity index (χ2n) is 9.58. The number of likely N-dealkylation sites (tertiary alicyclic amines) is 1. The van der Waals surface area contributed by atoms with Crippen molar-refractivity contribution in [3.8, 4) is 5.75 Å². The molecule has 3 amide bonds. The molecule has 1 aromatic heterocycles. The summed E-state index contributed by atoms with van der Waals surface area (Å²) in [7, 11) is 1.45. The highest BCUT2D eigenvalue weighted by molar-refractivity contribution is 7.18. The third-order valence-electron chi connectivity index (χ3n) is 6.86. The van der Waals surface area contributed by atoms with E-state index in [1.807, 2.05) is 17.5 Å². The molecular weight excluding hydrogens is 589 g/mol. The molecule has 216 valence electrons. The summed E-state index contributed by atoms with van der Waals surface area (Å²) in [6.07, 6.45) is 3.58. The van der Waals surface area contributed by atoms with Crippen LogP contribution in [0.25, 0.3) is 16.2 Å². The Kier molecular flexibility index (Phi) is 10.3. The number of nitrogens with zero attached hydrogens (tertiary/aromatic N) is 1. The Bertz CT molecular complexity index is 1480. The van der Waals surface area contributed by atoms with Crippen molar-refractivity contribution >= 4 is 74.4 Å². The molecule has 3 aromatic rings. The maximum Gasteiger partial charge on any atom is 0.305 e. The molecule has 4 rings (SSSR count). The van der Waals surface area contributed by atoms with E-state index in [1.54, 1.807) is 35.2 Å². The molecule has 0 radical (unpaired) electrons. The molecule has 1 aliphatic heterocycles. The van der Waals surface area contributed by atoms with Gasteiger partial charge in [0.1, 0.15) is 5.75 Å². The number of hydrogen-bond acceptors (Lipinski definition) is 6. The predicted octanol–water partition coefficient (Wildman–Crippen LogP) is 4.86. The van der Waals surface area contributed by atoms with Crippen LogP contribution in [0.3, 0.4) is 0 Å². The van der Waals surface area contributed by atoms with Gasteiger partial charge in [0.15, 0.2) is 0 Å². The van der Waals surface area contributed by atoms with Gasteiger partial charge < -0.3 is 25.4 Å². The van der Waals surface area contributed by atoms with Gasteiger partial charge in [-0.2, -0.15) is 0 Å². The lowest BCUT2D eigenvalue weighted by molar-refractivity contribution is -0.138. The minimum atomic E-state index is -1.10. The number of aliphatic carboxylic acids is 1. The van der Waals surface area contributed by atoms with Crippen molar-refractivity contribution < 1.29 is 29.0 Å². The molecule has 0 bridgehead atoms. The number of thiophene rings is 1. The molecular formula is C29H29Cl2N3O6S. The SMILES string of the molecule is COc1ccccc1C(=O)NC[C@@H](CC(=O)O)NC(=O)C1CCN(C(=O)/C=C/c2cc3ccsc3c(Cl)c2Cl)CC1. The number of carbonyl (C=O) groups excluding carboxylic acids is 3. The average molecular weight is 619 g/mol. The molecule has 1 aliphatic rings. The van der Waals surface area contributed by atoms with Gasteiger partial charge in [0.25, 0.3) is 5.91 Å². The normalized spacial score (nSPS) is 14.7. The summed E-state index contributed by atoms with van der Waals surface area (Å²) in [5, 5.41) is 18.5. The van der Waals surface area contributed by atoms with Crippen LogP contribution in [0.2, 0.25) is 10.0 Å². The first-order chi connectivity index (χ1) is 19.7. The van der Waals surface area contributed by atoms with Crippen molar-refractivity contribution in [2.45, 2.75) is 25.3 Å². The van der Waals surface area contributed by atoms with Gasteiger partial charge in [0.2, 0.25) is 11.8 Å². The van der Waals surface area contributed by atoms with Crippen LogP contribution in [0.15, 0.2) is 47.9 Å². The van der Waals surface area contributed by atoms with Crippen molar-refractivity contribution in [3.05, 3.63) is 69.0 Å². The number of carboxylic acid groups (broad SMARTS) is 1. The second-order valence-corrected chi connectivity index (χ2v) is 11.3. The topological polar surface area (TPSA) is 125 Å². The molecule has 3 N–H and O–H groups in total. The average Bonchev–Trinajstić information content (AvgIpc) is 3.45. The summed E-state index contributed by atoms with van der Waals surface area (Å²) < 4.78 is 6.09. The number of para-hydroxylation sites is 1. The highest BCUT2D eigenvalue weighted by atomic mass is 35.5. The lowest BCUT2D eigenvalue weighted by Crippen LogP contribution is -2.49. The van der Waals surface area contributed by atoms with Gasteiger partial charge in [-0.05, 0) is 59.5 Å². The molecule has 1 saturated heterocycles. The number of piperidine rings is 1. The van der Waals surface area contributed by atoms with E-state index >= 15 is 0 Å². The molecule has 2 aromatic carbocycles. The number of carboxylic acids is 1. The number of benzene rings is 2. The maximum atomic E-state index is 13.0. The number of carbonyl (C=O) groups is 4. The zero-order chi connectivity index (χ0) is 29.5. The minimum absolute atomic E-state index is 0.0687. The zero-order valence-electron chi connectivity index (χ0n) is 22.2. The van der Waals surface area contributed by atoms with Crippen LogP contribution in [-0.2, 0) is 14.4 Å². The summed E-state index contributed by atoms with van der Waals surface area (Å²) >= 11 is 14.3. The Morgan fingerprint density at radius 2 is 1.88 bits per heavy atom. The molecule has 2 heterocycles. The fourth-order valence-electron chi connectivity index (χ4n) is 4.67. The van der Waals surface area contributed by atoms with Crippen LogP contribution in [0.4, 0.5) is 0 Å². The van der Waals surface area contributed by atoms with E-state index in [9.17, 15) is 24.3 Å². The number of ether oxygens (including phenoxy) is 1. The van der Waals surface area contributed by atoms with Crippen LogP contribution >= 0.6 is 34.5 Å². The largest absolute Gasteiger partial charge is 0.496 e. The van der Waals surface area contributed by atoms with Crippen LogP contribution in [0.5, 0.6) is 5.75 Å². The van der Waals surface area contributed by atoms with E-state index in [0.29, 0.717) is 52.9 Å². The molecule has 1 fully saturated rings. The highest BCUT2D eigenvalue weighted by Gasteiger charge is 2.29. The van der Waals surface area contributed by atoms with Gasteiger partial charge in [-0.25, -0.2) is 0 Å². The highest BCUT2D eigenvalue weighted by Crippen LogP contribution is 2.37. The molecule has 9 nitrogen and oxygen atoms in total. The lowest BCUT2D eigenvalue weighted by Gasteiger charge is -2.31. The van der Waals surface area contributed by atoms with E-state index in [0.717, 1.165) is 10.1 Å². The first kappa shape index (κ1) is 30.4. The third kappa shape index (κ3) is 7.58. The Balaban J connectivity index is 1.30. The smallest absolute Gasteiger partial charge is 0.305 e. The Hall–Kier alpha value is -3.60. The molecule has 1 atom stereocenters. The van der Waals surface area contributed by atoms with Crippen LogP contribution < -0.4 is 15.4 Å². The summed E-state index contributed by atoms with van der Waals surface area (Å²) in [5.41, 5.74) is 0.950. The molecule has 0 saturated carbocycles. The van der Waals surface area contributed by atoms with E-state index < -0.39 is 23.8 Å². The monoisotopic (exact) mass is 617 g/mol. The lowest BCUT2D eigenvalue weighted by atomic mass is 9.95. The number of fused-ring (bicyclic) bond motifs is 1. The van der Waals surface area contributed by atoms with Gasteiger partial charge in [0, 0.05) is 31.6 Å². The molecule has 0 unspecified atom stereocenters. The van der Waals surface area contributed by atoms with Crippen LogP contribution in [0, 0.1) is 5.92 Å². The Morgan fingerprint density at radius 1 is 1.15 bits per heavy atom. The van der Waals surface area contributed by atoms with Gasteiger partial charge in [-0.1, -0.05) is 35.3 Å². The zero-order valence-corrected chi connectivity index (χ0v) is 24.5. The van der Waals surface area contributed by atoms with Gasteiger partial charge >= 0.3 is 5.97 Å². The first-order valence-electron chi connectivity index (χ1n) is 12.9. The van der Waals surface area contributed by atoms with Crippen LogP contribution in [0.1, 0.15) is 35.2 Å². The standard InChI is InChI=1S/C29H29Cl2N3O6S/c1-40-22-5-3-2-4-21(22)29(39)32-16-20(15-24(36)37)33-28(38)17-8-11-34(12-9-17)23(35)7-6-18-14-19-10-13-41-27(19)26(31)25(18)30/h2-7,10,13-14,17,20H,8-9,11-12,15-16H2,1H3,(H,32,39)(H,33,38)(H,36,37)/b7-6+/t20-/m1/s1. The molecule has 41 heavy (non-hydrogen) atoms. The minimum Gasteiger partial charge on any atom is -0.496 e. The van der Waals surface area contributed by atoms with Crippen molar-refractivity contribution in [3.63, 3.8) is 0 Å². The molecule has 12 heteroatoms. The summed E-state index contributed by atoms with van der Waals surface area (Å²) in [5.74, 6) is -2.06. The first-order valence-corrected chi connectivity index (χ1v) is 14.6. The fourth-order valence-corrected chi connectivity index (χ4v) is 6.10. The van der Waals surface area contributed by atoms with Gasteiger partial charge in [0.05, 0.1) is 39.9 Å². The number of nitrogens with one attached hydrogen (secondary N) is 2. The third-order valence-corrected chi connectivity index (χ3v) is 8.80. The van der Waals surface area contributed by atoms with Gasteiger partial charge in [-0.3, -0.25) is 19.2 Å². The van der Waals surface area contributed by atoms with Crippen LogP contribution in [-0.4, -0.2) is 66.5 Å². The van der Waals surface area contributed by atoms with E-state index in [1.165, 1.54) is 24.5 Å². The molecule has 0 aliphatic carbocycles. The van der Waals surface area contributed by atoms with E-state index in [-0.39, 0.29) is 24.8 Å². The number of amides is 3. The van der Waals surface area contributed by atoms with Gasteiger partial charge in [-0.15, -0.1) is 11.3 Å². The Labute approximate surface area is 251 Å². The van der Waals surface area contributed by atoms with Crippen molar-refractivity contribution in [1.29, 1.82) is 0 Å². The molecule has 0 spiro atoms. The maximum absolute atomic E-state index is 13.0. The van der Waals surface area contributed by atoms with Crippen molar-refractivity contribution in [1.82, 2.24) is 15.5 Å². The number of methoxy groups -OCH3 is 1. The van der Waals surface area contributed by atoms with E-state index in [4.69, 9.17) is 27.9 Å². The predicted molar refractivity (Wildman–Crippen MR) is 160 cm³/mol. The summed E-state index contributed by atoms with van der Waals surface area (Å²) in [4.78, 5) is 51.5. The Morgan fingerprint density at radius 3 is 2.59 bits per heavy atom. The fraction of sp³-hybridized carbons (Fsp3) is 0.310. The van der Waals surface area contributed by atoms with Crippen molar-refractivity contribution in [2.24, 2.45) is 5.92 Å². The number of rotatable bonds is 10. The number of halogens is 2. The quantitative estimate of drug-likeness (QED) is 0.279. The number of hydrogen-bond donors (Lipinski definition) is 3.